The minimum absolute atomic E-state index is 0.118. The molecule has 2 aromatic heterocycles. The monoisotopic (exact) mass is 330 g/mol. The molecule has 1 atom stereocenters. The molecule has 1 aliphatic heterocycles. The van der Waals surface area contributed by atoms with Crippen LogP contribution in [0.25, 0.3) is 0 Å². The number of hydrogen-bond acceptors (Lipinski definition) is 7. The van der Waals surface area contributed by atoms with Crippen LogP contribution in [0.15, 0.2) is 23.3 Å². The van der Waals surface area contributed by atoms with E-state index in [1.807, 2.05) is 13.0 Å². The zero-order valence-corrected chi connectivity index (χ0v) is 14.0. The van der Waals surface area contributed by atoms with Crippen molar-refractivity contribution in [3.63, 3.8) is 0 Å². The summed E-state index contributed by atoms with van der Waals surface area (Å²) in [7, 11) is 1.64. The predicted octanol–water partition coefficient (Wildman–Crippen LogP) is 1.10. The second-order valence-corrected chi connectivity index (χ2v) is 5.97. The molecule has 1 aliphatic rings. The molecule has 0 amide bonds. The van der Waals surface area contributed by atoms with Gasteiger partial charge in [0.25, 0.3) is 5.56 Å². The van der Waals surface area contributed by atoms with Crippen LogP contribution in [-0.4, -0.2) is 46.2 Å². The molecule has 0 aromatic carbocycles. The number of hydrogen-bond donors (Lipinski definition) is 2. The largest absolute Gasteiger partial charge is 0.378 e. The molecule has 2 aromatic rings. The standard InChI is InChI=1S/C16H22N6O2/c1-11-6-15(23)21-16(19-11)22-5-3-4-12(8-22)20-14-7-13(9-24-2)17-10-18-14/h6-7,10,12H,3-5,8-9H2,1-2H3,(H,17,18,20)(H,19,21,23). The molecular weight excluding hydrogens is 308 g/mol. The minimum Gasteiger partial charge on any atom is -0.378 e. The molecule has 3 rings (SSSR count). The molecule has 0 saturated carbocycles. The van der Waals surface area contributed by atoms with Crippen molar-refractivity contribution in [3.05, 3.63) is 40.2 Å². The van der Waals surface area contributed by atoms with Gasteiger partial charge >= 0.3 is 0 Å². The molecule has 2 N–H and O–H groups in total. The lowest BCUT2D eigenvalue weighted by Crippen LogP contribution is -2.43. The fraction of sp³-hybridized carbons (Fsp3) is 0.500. The van der Waals surface area contributed by atoms with E-state index in [1.165, 1.54) is 12.4 Å². The number of nitrogens with one attached hydrogen (secondary N) is 2. The Morgan fingerprint density at radius 1 is 1.42 bits per heavy atom. The summed E-state index contributed by atoms with van der Waals surface area (Å²) in [6.45, 7) is 3.93. The van der Waals surface area contributed by atoms with Crippen LogP contribution in [0, 0.1) is 6.92 Å². The molecule has 128 valence electrons. The minimum atomic E-state index is -0.118. The van der Waals surface area contributed by atoms with Crippen molar-refractivity contribution >= 4 is 11.8 Å². The van der Waals surface area contributed by atoms with Crippen LogP contribution in [-0.2, 0) is 11.3 Å². The molecule has 3 heterocycles. The van der Waals surface area contributed by atoms with E-state index in [2.05, 4.69) is 30.2 Å². The molecule has 1 saturated heterocycles. The molecule has 1 fully saturated rings. The van der Waals surface area contributed by atoms with Gasteiger partial charge in [0.2, 0.25) is 5.95 Å². The average molecular weight is 330 g/mol. The third kappa shape index (κ3) is 4.08. The number of rotatable bonds is 5. The van der Waals surface area contributed by atoms with Crippen LogP contribution in [0.3, 0.4) is 0 Å². The van der Waals surface area contributed by atoms with Crippen molar-refractivity contribution in [3.8, 4) is 0 Å². The molecule has 0 bridgehead atoms. The number of piperidine rings is 1. The van der Waals surface area contributed by atoms with E-state index >= 15 is 0 Å². The highest BCUT2D eigenvalue weighted by Crippen LogP contribution is 2.18. The summed E-state index contributed by atoms with van der Waals surface area (Å²) in [4.78, 5) is 29.5. The lowest BCUT2D eigenvalue weighted by atomic mass is 10.1. The molecule has 0 aliphatic carbocycles. The van der Waals surface area contributed by atoms with Crippen LogP contribution in [0.5, 0.6) is 0 Å². The summed E-state index contributed by atoms with van der Waals surface area (Å²) in [5.74, 6) is 1.42. The summed E-state index contributed by atoms with van der Waals surface area (Å²) >= 11 is 0. The lowest BCUT2D eigenvalue weighted by Gasteiger charge is -2.33. The number of aryl methyl sites for hydroxylation is 1. The fourth-order valence-corrected chi connectivity index (χ4v) is 2.91. The summed E-state index contributed by atoms with van der Waals surface area (Å²) in [6.07, 6.45) is 3.60. The summed E-state index contributed by atoms with van der Waals surface area (Å²) in [6, 6.07) is 3.63. The molecule has 0 radical (unpaired) electrons. The predicted molar refractivity (Wildman–Crippen MR) is 91.2 cm³/mol. The van der Waals surface area contributed by atoms with Crippen LogP contribution in [0.2, 0.25) is 0 Å². The van der Waals surface area contributed by atoms with E-state index in [0.717, 1.165) is 43.1 Å². The van der Waals surface area contributed by atoms with Crippen molar-refractivity contribution in [1.82, 2.24) is 19.9 Å². The number of aromatic amines is 1. The first-order valence-electron chi connectivity index (χ1n) is 8.03. The van der Waals surface area contributed by atoms with Gasteiger partial charge < -0.3 is 15.0 Å². The molecular formula is C16H22N6O2. The number of ether oxygens (including phenoxy) is 1. The maximum Gasteiger partial charge on any atom is 0.252 e. The Hall–Kier alpha value is -2.48. The van der Waals surface area contributed by atoms with E-state index in [-0.39, 0.29) is 11.6 Å². The second-order valence-electron chi connectivity index (χ2n) is 5.97. The van der Waals surface area contributed by atoms with Gasteiger partial charge in [0.1, 0.15) is 12.1 Å². The van der Waals surface area contributed by atoms with E-state index < -0.39 is 0 Å². The van der Waals surface area contributed by atoms with Gasteiger partial charge in [-0.15, -0.1) is 0 Å². The molecule has 24 heavy (non-hydrogen) atoms. The number of H-pyrrole nitrogens is 1. The number of anilines is 2. The van der Waals surface area contributed by atoms with Crippen LogP contribution in [0.4, 0.5) is 11.8 Å². The van der Waals surface area contributed by atoms with Gasteiger partial charge in [-0.25, -0.2) is 15.0 Å². The number of nitrogens with zero attached hydrogens (tertiary/aromatic N) is 4. The van der Waals surface area contributed by atoms with E-state index in [0.29, 0.717) is 12.6 Å². The third-order valence-electron chi connectivity index (χ3n) is 3.95. The SMILES string of the molecule is COCc1cc(NC2CCCN(c3nc(C)cc(=O)[nH]3)C2)ncn1. The Morgan fingerprint density at radius 2 is 2.29 bits per heavy atom. The van der Waals surface area contributed by atoms with Gasteiger partial charge in [-0.3, -0.25) is 9.78 Å². The Morgan fingerprint density at radius 3 is 3.08 bits per heavy atom. The summed E-state index contributed by atoms with van der Waals surface area (Å²) in [5, 5.41) is 3.44. The molecule has 8 nitrogen and oxygen atoms in total. The number of methoxy groups -OCH3 is 1. The highest BCUT2D eigenvalue weighted by Gasteiger charge is 2.22. The van der Waals surface area contributed by atoms with Gasteiger partial charge in [-0.05, 0) is 19.8 Å². The van der Waals surface area contributed by atoms with Crippen LogP contribution in [0.1, 0.15) is 24.2 Å². The van der Waals surface area contributed by atoms with Gasteiger partial charge in [-0.2, -0.15) is 0 Å². The molecule has 0 spiro atoms. The van der Waals surface area contributed by atoms with Crippen molar-refractivity contribution in [2.75, 3.05) is 30.4 Å². The van der Waals surface area contributed by atoms with Crippen molar-refractivity contribution in [1.29, 1.82) is 0 Å². The lowest BCUT2D eigenvalue weighted by molar-refractivity contribution is 0.181. The normalized spacial score (nSPS) is 17.8. The first-order valence-corrected chi connectivity index (χ1v) is 8.03. The van der Waals surface area contributed by atoms with E-state index in [9.17, 15) is 4.79 Å². The second kappa shape index (κ2) is 7.39. The van der Waals surface area contributed by atoms with Crippen LogP contribution >= 0.6 is 0 Å². The van der Waals surface area contributed by atoms with Gasteiger partial charge in [-0.1, -0.05) is 0 Å². The maximum atomic E-state index is 11.7. The highest BCUT2D eigenvalue weighted by molar-refractivity contribution is 5.38. The first-order chi connectivity index (χ1) is 11.6. The highest BCUT2D eigenvalue weighted by atomic mass is 16.5. The maximum absolute atomic E-state index is 11.7. The topological polar surface area (TPSA) is 96.0 Å². The Bertz CT molecular complexity index is 747. The van der Waals surface area contributed by atoms with Gasteiger partial charge in [0.15, 0.2) is 0 Å². The zero-order valence-electron chi connectivity index (χ0n) is 14.0. The van der Waals surface area contributed by atoms with Crippen molar-refractivity contribution in [2.45, 2.75) is 32.4 Å². The van der Waals surface area contributed by atoms with Crippen LogP contribution < -0.4 is 15.8 Å². The Balaban J connectivity index is 1.69. The van der Waals surface area contributed by atoms with E-state index in [1.54, 1.807) is 7.11 Å². The van der Waals surface area contributed by atoms with Gasteiger partial charge in [0, 0.05) is 44.1 Å². The summed E-state index contributed by atoms with van der Waals surface area (Å²) in [5.41, 5.74) is 1.45. The molecule has 1 unspecified atom stereocenters. The number of aromatic nitrogens is 4. The van der Waals surface area contributed by atoms with Gasteiger partial charge in [0.05, 0.1) is 12.3 Å². The summed E-state index contributed by atoms with van der Waals surface area (Å²) < 4.78 is 5.10. The fourth-order valence-electron chi connectivity index (χ4n) is 2.91. The average Bonchev–Trinajstić information content (AvgIpc) is 2.55. The zero-order chi connectivity index (χ0) is 16.9. The Kier molecular flexibility index (Phi) is 5.05. The quantitative estimate of drug-likeness (QED) is 0.847. The van der Waals surface area contributed by atoms with E-state index in [4.69, 9.17) is 4.74 Å². The smallest absolute Gasteiger partial charge is 0.252 e. The van der Waals surface area contributed by atoms with Crippen molar-refractivity contribution in [2.24, 2.45) is 0 Å². The third-order valence-corrected chi connectivity index (χ3v) is 3.95. The molecule has 8 heteroatoms. The Labute approximate surface area is 140 Å². The van der Waals surface area contributed by atoms with Crippen molar-refractivity contribution < 1.29 is 4.74 Å². The first kappa shape index (κ1) is 16.4.